The van der Waals surface area contributed by atoms with Gasteiger partial charge < -0.3 is 9.88 Å². The Balaban J connectivity index is 1.93. The lowest BCUT2D eigenvalue weighted by molar-refractivity contribution is -0.116. The highest BCUT2D eigenvalue weighted by Crippen LogP contribution is 2.19. The molecule has 2 aromatic carbocycles. The molecule has 0 fully saturated rings. The van der Waals surface area contributed by atoms with Crippen molar-refractivity contribution < 1.29 is 17.6 Å². The van der Waals surface area contributed by atoms with Gasteiger partial charge in [0.2, 0.25) is 5.91 Å². The summed E-state index contributed by atoms with van der Waals surface area (Å²) < 4.78 is 38.4. The monoisotopic (exact) mass is 375 g/mol. The number of sulfone groups is 1. The minimum atomic E-state index is -3.32. The van der Waals surface area contributed by atoms with Crippen LogP contribution in [0.3, 0.4) is 0 Å². The lowest BCUT2D eigenvalue weighted by Gasteiger charge is -2.11. The van der Waals surface area contributed by atoms with Gasteiger partial charge in [0.05, 0.1) is 11.0 Å². The van der Waals surface area contributed by atoms with E-state index in [1.807, 2.05) is 0 Å². The van der Waals surface area contributed by atoms with E-state index in [1.165, 1.54) is 12.1 Å². The summed E-state index contributed by atoms with van der Waals surface area (Å²) >= 11 is 0. The van der Waals surface area contributed by atoms with E-state index in [0.29, 0.717) is 22.5 Å². The van der Waals surface area contributed by atoms with E-state index in [0.717, 1.165) is 11.8 Å². The summed E-state index contributed by atoms with van der Waals surface area (Å²) in [5.41, 5.74) is 2.38. The van der Waals surface area contributed by atoms with Crippen molar-refractivity contribution in [2.24, 2.45) is 0 Å². The Bertz CT molecular complexity index is 1090. The number of anilines is 1. The third kappa shape index (κ3) is 4.08. The number of aryl methyl sites for hydroxylation is 1. The van der Waals surface area contributed by atoms with E-state index in [4.69, 9.17) is 0 Å². The van der Waals surface area contributed by atoms with Crippen molar-refractivity contribution >= 4 is 32.5 Å². The van der Waals surface area contributed by atoms with Gasteiger partial charge in [0.25, 0.3) is 0 Å². The molecule has 1 amide bonds. The van der Waals surface area contributed by atoms with Crippen LogP contribution in [-0.2, 0) is 26.9 Å². The molecule has 1 N–H and O–H groups in total. The molecule has 0 saturated heterocycles. The first-order valence-corrected chi connectivity index (χ1v) is 9.97. The summed E-state index contributed by atoms with van der Waals surface area (Å²) in [6.07, 6.45) is 1.12. The number of imidazole rings is 1. The molecule has 0 aliphatic carbocycles. The predicted octanol–water partition coefficient (Wildman–Crippen LogP) is 2.67. The fraction of sp³-hybridized carbons (Fsp3) is 0.222. The van der Waals surface area contributed by atoms with Crippen LogP contribution in [-0.4, -0.2) is 30.1 Å². The molecule has 136 valence electrons. The second kappa shape index (κ2) is 6.87. The maximum Gasteiger partial charge on any atom is 0.244 e. The maximum absolute atomic E-state index is 13.4. The van der Waals surface area contributed by atoms with Gasteiger partial charge >= 0.3 is 0 Å². The number of aromatic nitrogens is 2. The number of carbonyl (C=O) groups excluding carboxylic acids is 1. The first-order chi connectivity index (χ1) is 12.2. The van der Waals surface area contributed by atoms with Crippen molar-refractivity contribution in [3.63, 3.8) is 0 Å². The van der Waals surface area contributed by atoms with E-state index in [-0.39, 0.29) is 12.3 Å². The fourth-order valence-electron chi connectivity index (χ4n) is 2.71. The minimum Gasteiger partial charge on any atom is -0.324 e. The SMILES string of the molecule is Cc1ccc(F)cc1NC(=O)Cn1c(CS(C)(=O)=O)nc2ccccc21. The van der Waals surface area contributed by atoms with Gasteiger partial charge in [0.1, 0.15) is 23.9 Å². The van der Waals surface area contributed by atoms with Crippen molar-refractivity contribution in [2.75, 3.05) is 11.6 Å². The minimum absolute atomic E-state index is 0.124. The van der Waals surface area contributed by atoms with Crippen LogP contribution in [0.15, 0.2) is 42.5 Å². The maximum atomic E-state index is 13.4. The second-order valence-corrected chi connectivity index (χ2v) is 8.32. The van der Waals surface area contributed by atoms with E-state index in [1.54, 1.807) is 41.8 Å². The predicted molar refractivity (Wildman–Crippen MR) is 98.0 cm³/mol. The third-order valence-corrected chi connectivity index (χ3v) is 4.68. The number of hydrogen-bond donors (Lipinski definition) is 1. The number of nitrogens with one attached hydrogen (secondary N) is 1. The summed E-state index contributed by atoms with van der Waals surface area (Å²) in [6, 6.07) is 11.3. The largest absolute Gasteiger partial charge is 0.324 e. The van der Waals surface area contributed by atoms with Gasteiger partial charge in [-0.25, -0.2) is 17.8 Å². The summed E-state index contributed by atoms with van der Waals surface area (Å²) in [5, 5.41) is 2.67. The normalized spacial score (nSPS) is 11.7. The molecule has 8 heteroatoms. The van der Waals surface area contributed by atoms with Crippen molar-refractivity contribution in [2.45, 2.75) is 19.2 Å². The van der Waals surface area contributed by atoms with Crippen LogP contribution in [0.2, 0.25) is 0 Å². The number of fused-ring (bicyclic) bond motifs is 1. The number of rotatable bonds is 5. The average molecular weight is 375 g/mol. The van der Waals surface area contributed by atoms with Crippen LogP contribution in [0.4, 0.5) is 10.1 Å². The van der Waals surface area contributed by atoms with Gasteiger partial charge in [-0.3, -0.25) is 4.79 Å². The van der Waals surface area contributed by atoms with Gasteiger partial charge in [0.15, 0.2) is 9.84 Å². The summed E-state index contributed by atoms with van der Waals surface area (Å²) in [5.74, 6) is -0.818. The third-order valence-electron chi connectivity index (χ3n) is 3.90. The molecule has 0 radical (unpaired) electrons. The molecule has 0 saturated carbocycles. The Kier molecular flexibility index (Phi) is 4.78. The Labute approximate surface area is 150 Å². The summed E-state index contributed by atoms with van der Waals surface area (Å²) in [7, 11) is -3.32. The number of carbonyl (C=O) groups is 1. The molecule has 1 heterocycles. The number of benzene rings is 2. The molecule has 0 unspecified atom stereocenters. The number of nitrogens with zero attached hydrogens (tertiary/aromatic N) is 2. The smallest absolute Gasteiger partial charge is 0.244 e. The molecular formula is C18H18FN3O3S. The quantitative estimate of drug-likeness (QED) is 0.743. The van der Waals surface area contributed by atoms with Crippen molar-refractivity contribution in [1.29, 1.82) is 0 Å². The van der Waals surface area contributed by atoms with Crippen LogP contribution in [0.1, 0.15) is 11.4 Å². The zero-order chi connectivity index (χ0) is 18.9. The second-order valence-electron chi connectivity index (χ2n) is 6.18. The molecule has 6 nitrogen and oxygen atoms in total. The summed E-state index contributed by atoms with van der Waals surface area (Å²) in [6.45, 7) is 1.64. The molecule has 0 aliphatic heterocycles. The Morgan fingerprint density at radius 2 is 1.96 bits per heavy atom. The van der Waals surface area contributed by atoms with E-state index < -0.39 is 21.6 Å². The van der Waals surface area contributed by atoms with Crippen molar-refractivity contribution in [1.82, 2.24) is 9.55 Å². The molecule has 3 rings (SSSR count). The van der Waals surface area contributed by atoms with Crippen LogP contribution in [0.25, 0.3) is 11.0 Å². The molecule has 0 aliphatic rings. The van der Waals surface area contributed by atoms with Crippen molar-refractivity contribution in [3.05, 3.63) is 59.7 Å². The standard InChI is InChI=1S/C18H18FN3O3S/c1-12-7-8-13(19)9-15(12)21-18(23)10-22-16-6-4-3-5-14(16)20-17(22)11-26(2,24)25/h3-9H,10-11H2,1-2H3,(H,21,23). The fourth-order valence-corrected chi connectivity index (χ4v) is 3.40. The lowest BCUT2D eigenvalue weighted by atomic mass is 10.2. The van der Waals surface area contributed by atoms with Crippen LogP contribution < -0.4 is 5.32 Å². The highest BCUT2D eigenvalue weighted by atomic mass is 32.2. The zero-order valence-electron chi connectivity index (χ0n) is 14.4. The van der Waals surface area contributed by atoms with Gasteiger partial charge in [-0.15, -0.1) is 0 Å². The van der Waals surface area contributed by atoms with Gasteiger partial charge in [-0.05, 0) is 36.8 Å². The number of halogens is 1. The number of amides is 1. The topological polar surface area (TPSA) is 81.1 Å². The number of para-hydroxylation sites is 2. The van der Waals surface area contributed by atoms with Crippen LogP contribution >= 0.6 is 0 Å². The van der Waals surface area contributed by atoms with E-state index >= 15 is 0 Å². The van der Waals surface area contributed by atoms with E-state index in [2.05, 4.69) is 10.3 Å². The molecule has 3 aromatic rings. The van der Waals surface area contributed by atoms with Gasteiger partial charge in [-0.2, -0.15) is 0 Å². The highest BCUT2D eigenvalue weighted by molar-refractivity contribution is 7.89. The average Bonchev–Trinajstić information content (AvgIpc) is 2.86. The van der Waals surface area contributed by atoms with Gasteiger partial charge in [-0.1, -0.05) is 18.2 Å². The Hall–Kier alpha value is -2.74. The zero-order valence-corrected chi connectivity index (χ0v) is 15.2. The summed E-state index contributed by atoms with van der Waals surface area (Å²) in [4.78, 5) is 16.8. The van der Waals surface area contributed by atoms with E-state index in [9.17, 15) is 17.6 Å². The lowest BCUT2D eigenvalue weighted by Crippen LogP contribution is -2.21. The molecule has 26 heavy (non-hydrogen) atoms. The molecular weight excluding hydrogens is 357 g/mol. The first kappa shape index (κ1) is 18.1. The molecule has 0 spiro atoms. The molecule has 1 aromatic heterocycles. The Morgan fingerprint density at radius 3 is 2.69 bits per heavy atom. The first-order valence-electron chi connectivity index (χ1n) is 7.91. The number of hydrogen-bond acceptors (Lipinski definition) is 4. The Morgan fingerprint density at radius 1 is 1.23 bits per heavy atom. The van der Waals surface area contributed by atoms with Crippen LogP contribution in [0, 0.1) is 12.7 Å². The van der Waals surface area contributed by atoms with Crippen LogP contribution in [0.5, 0.6) is 0 Å². The molecule has 0 atom stereocenters. The van der Waals surface area contributed by atoms with Gasteiger partial charge in [0, 0.05) is 11.9 Å². The molecule has 0 bridgehead atoms. The van der Waals surface area contributed by atoms with Crippen molar-refractivity contribution in [3.8, 4) is 0 Å². The highest BCUT2D eigenvalue weighted by Gasteiger charge is 2.17.